The molecule has 0 unspecified atom stereocenters. The van der Waals surface area contributed by atoms with Crippen molar-refractivity contribution in [3.8, 4) is 0 Å². The summed E-state index contributed by atoms with van der Waals surface area (Å²) in [5.41, 5.74) is 2.98. The molecule has 2 nitrogen and oxygen atoms in total. The Kier molecular flexibility index (Phi) is 4.02. The number of benzene rings is 1. The lowest BCUT2D eigenvalue weighted by Gasteiger charge is -2.27. The lowest BCUT2D eigenvalue weighted by molar-refractivity contribution is 0.244. The zero-order valence-corrected chi connectivity index (χ0v) is 12.4. The molecule has 1 aromatic carbocycles. The minimum absolute atomic E-state index is 0.835. The molecular weight excluding hydrogens is 288 g/mol. The molecular formula is C15H21BrN2. The standard InChI is InChI=1S/C15H21BrN2/c16-15-11-12(1-4-14(15)13-2-3-13)5-8-18-9-6-17-7-10-18/h1,4,11,13,17H,2-3,5-10H2. The Bertz CT molecular complexity index is 409. The fourth-order valence-electron chi connectivity index (χ4n) is 2.67. The van der Waals surface area contributed by atoms with Gasteiger partial charge in [-0.05, 0) is 42.4 Å². The van der Waals surface area contributed by atoms with Crippen LogP contribution in [0.5, 0.6) is 0 Å². The Balaban J connectivity index is 1.57. The third kappa shape index (κ3) is 3.14. The summed E-state index contributed by atoms with van der Waals surface area (Å²) >= 11 is 3.73. The van der Waals surface area contributed by atoms with Crippen LogP contribution in [0.4, 0.5) is 0 Å². The van der Waals surface area contributed by atoms with E-state index in [4.69, 9.17) is 0 Å². The van der Waals surface area contributed by atoms with Gasteiger partial charge in [0.25, 0.3) is 0 Å². The van der Waals surface area contributed by atoms with Gasteiger partial charge in [0.15, 0.2) is 0 Å². The lowest BCUT2D eigenvalue weighted by Crippen LogP contribution is -2.44. The number of hydrogen-bond donors (Lipinski definition) is 1. The summed E-state index contributed by atoms with van der Waals surface area (Å²) in [4.78, 5) is 2.55. The van der Waals surface area contributed by atoms with Gasteiger partial charge in [-0.3, -0.25) is 0 Å². The van der Waals surface area contributed by atoms with Crippen molar-refractivity contribution in [2.45, 2.75) is 25.2 Å². The molecule has 3 heteroatoms. The summed E-state index contributed by atoms with van der Waals surface area (Å²) in [6.07, 6.45) is 3.92. The first-order valence-electron chi connectivity index (χ1n) is 7.04. The molecule has 0 spiro atoms. The van der Waals surface area contributed by atoms with Gasteiger partial charge in [-0.25, -0.2) is 0 Å². The molecule has 0 radical (unpaired) electrons. The third-order valence-corrected chi connectivity index (χ3v) is 4.70. The van der Waals surface area contributed by atoms with Crippen molar-refractivity contribution in [3.63, 3.8) is 0 Å². The minimum atomic E-state index is 0.835. The van der Waals surface area contributed by atoms with Gasteiger partial charge in [0.05, 0.1) is 0 Å². The molecule has 1 N–H and O–H groups in total. The van der Waals surface area contributed by atoms with Crippen molar-refractivity contribution < 1.29 is 0 Å². The Morgan fingerprint density at radius 2 is 2.00 bits per heavy atom. The van der Waals surface area contributed by atoms with Gasteiger partial charge in [-0.2, -0.15) is 0 Å². The Morgan fingerprint density at radius 3 is 2.67 bits per heavy atom. The smallest absolute Gasteiger partial charge is 0.0212 e. The maximum Gasteiger partial charge on any atom is 0.0212 e. The van der Waals surface area contributed by atoms with Crippen LogP contribution < -0.4 is 5.32 Å². The van der Waals surface area contributed by atoms with Crippen LogP contribution in [0, 0.1) is 0 Å². The molecule has 1 saturated heterocycles. The van der Waals surface area contributed by atoms with Gasteiger partial charge in [-0.1, -0.05) is 28.1 Å². The van der Waals surface area contributed by atoms with Gasteiger partial charge in [0.2, 0.25) is 0 Å². The Morgan fingerprint density at radius 1 is 1.22 bits per heavy atom. The molecule has 0 aromatic heterocycles. The highest BCUT2D eigenvalue weighted by Gasteiger charge is 2.25. The maximum absolute atomic E-state index is 3.73. The van der Waals surface area contributed by atoms with Crippen LogP contribution in [0.25, 0.3) is 0 Å². The highest BCUT2D eigenvalue weighted by atomic mass is 79.9. The van der Waals surface area contributed by atoms with Crippen molar-refractivity contribution in [2.75, 3.05) is 32.7 Å². The number of hydrogen-bond acceptors (Lipinski definition) is 2. The van der Waals surface area contributed by atoms with E-state index in [0.29, 0.717) is 0 Å². The molecule has 1 heterocycles. The quantitative estimate of drug-likeness (QED) is 0.920. The van der Waals surface area contributed by atoms with Gasteiger partial charge >= 0.3 is 0 Å². The predicted octanol–water partition coefficient (Wildman–Crippen LogP) is 2.77. The molecule has 98 valence electrons. The van der Waals surface area contributed by atoms with Crippen LogP contribution in [0.1, 0.15) is 29.9 Å². The van der Waals surface area contributed by atoms with E-state index in [-0.39, 0.29) is 0 Å². The number of nitrogens with zero attached hydrogens (tertiary/aromatic N) is 1. The molecule has 1 aliphatic heterocycles. The zero-order chi connectivity index (χ0) is 12.4. The normalized spacial score (nSPS) is 21.2. The third-order valence-electron chi connectivity index (χ3n) is 4.01. The van der Waals surface area contributed by atoms with E-state index in [0.717, 1.165) is 19.0 Å². The second kappa shape index (κ2) is 5.72. The topological polar surface area (TPSA) is 15.3 Å². The summed E-state index contributed by atoms with van der Waals surface area (Å²) in [6, 6.07) is 6.98. The van der Waals surface area contributed by atoms with Crippen LogP contribution in [-0.4, -0.2) is 37.6 Å². The molecule has 18 heavy (non-hydrogen) atoms. The first-order chi connectivity index (χ1) is 8.83. The van der Waals surface area contributed by atoms with Gasteiger partial charge in [-0.15, -0.1) is 0 Å². The van der Waals surface area contributed by atoms with E-state index >= 15 is 0 Å². The summed E-state index contributed by atoms with van der Waals surface area (Å²) in [6.45, 7) is 5.87. The molecule has 1 saturated carbocycles. The summed E-state index contributed by atoms with van der Waals surface area (Å²) < 4.78 is 1.32. The van der Waals surface area contributed by atoms with Crippen molar-refractivity contribution in [3.05, 3.63) is 33.8 Å². The van der Waals surface area contributed by atoms with Crippen molar-refractivity contribution in [1.29, 1.82) is 0 Å². The minimum Gasteiger partial charge on any atom is -0.314 e. The van der Waals surface area contributed by atoms with E-state index in [2.05, 4.69) is 44.3 Å². The van der Waals surface area contributed by atoms with Gasteiger partial charge in [0, 0.05) is 37.2 Å². The monoisotopic (exact) mass is 308 g/mol. The summed E-state index contributed by atoms with van der Waals surface area (Å²) in [7, 11) is 0. The van der Waals surface area contributed by atoms with Crippen molar-refractivity contribution >= 4 is 15.9 Å². The SMILES string of the molecule is Brc1cc(CCN2CCNCC2)ccc1C1CC1. The van der Waals surface area contributed by atoms with Crippen LogP contribution in [0.15, 0.2) is 22.7 Å². The fourth-order valence-corrected chi connectivity index (χ4v) is 3.42. The largest absolute Gasteiger partial charge is 0.314 e. The van der Waals surface area contributed by atoms with Crippen molar-refractivity contribution in [1.82, 2.24) is 10.2 Å². The zero-order valence-electron chi connectivity index (χ0n) is 10.8. The second-order valence-electron chi connectivity index (χ2n) is 5.47. The number of rotatable bonds is 4. The van der Waals surface area contributed by atoms with E-state index < -0.39 is 0 Å². The molecule has 3 rings (SSSR count). The van der Waals surface area contributed by atoms with Gasteiger partial charge in [0.1, 0.15) is 0 Å². The predicted molar refractivity (Wildman–Crippen MR) is 79.1 cm³/mol. The van der Waals surface area contributed by atoms with Crippen LogP contribution in [0.3, 0.4) is 0 Å². The molecule has 1 aromatic rings. The number of nitrogens with one attached hydrogen (secondary N) is 1. The van der Waals surface area contributed by atoms with Crippen LogP contribution >= 0.6 is 15.9 Å². The molecule has 0 amide bonds. The Hall–Kier alpha value is -0.380. The lowest BCUT2D eigenvalue weighted by atomic mass is 10.1. The summed E-state index contributed by atoms with van der Waals surface area (Å²) in [5, 5.41) is 3.40. The molecule has 0 atom stereocenters. The van der Waals surface area contributed by atoms with E-state index in [1.54, 1.807) is 0 Å². The Labute approximate surface area is 118 Å². The average molecular weight is 309 g/mol. The maximum atomic E-state index is 3.73. The van der Waals surface area contributed by atoms with E-state index in [1.165, 1.54) is 54.5 Å². The second-order valence-corrected chi connectivity index (χ2v) is 6.33. The molecule has 0 bridgehead atoms. The fraction of sp³-hybridized carbons (Fsp3) is 0.600. The van der Waals surface area contributed by atoms with Crippen LogP contribution in [-0.2, 0) is 6.42 Å². The number of halogens is 1. The highest BCUT2D eigenvalue weighted by Crippen LogP contribution is 2.43. The van der Waals surface area contributed by atoms with Crippen molar-refractivity contribution in [2.24, 2.45) is 0 Å². The number of piperazine rings is 1. The first-order valence-corrected chi connectivity index (χ1v) is 7.83. The van der Waals surface area contributed by atoms with E-state index in [9.17, 15) is 0 Å². The molecule has 2 fully saturated rings. The highest BCUT2D eigenvalue weighted by molar-refractivity contribution is 9.10. The summed E-state index contributed by atoms with van der Waals surface area (Å²) in [5.74, 6) is 0.835. The average Bonchev–Trinajstić information content (AvgIpc) is 3.22. The molecule has 1 aliphatic carbocycles. The first kappa shape index (κ1) is 12.6. The van der Waals surface area contributed by atoms with Gasteiger partial charge < -0.3 is 10.2 Å². The van der Waals surface area contributed by atoms with Crippen LogP contribution in [0.2, 0.25) is 0 Å². The van der Waals surface area contributed by atoms with E-state index in [1.807, 2.05) is 0 Å². The molecule has 2 aliphatic rings.